The van der Waals surface area contributed by atoms with Crippen LogP contribution in [0.15, 0.2) is 18.5 Å². The van der Waals surface area contributed by atoms with Crippen LogP contribution in [-0.4, -0.2) is 26.7 Å². The molecule has 1 N–H and O–H groups in total. The molecule has 104 valence electrons. The van der Waals surface area contributed by atoms with Gasteiger partial charge in [-0.1, -0.05) is 6.92 Å². The Bertz CT molecular complexity index is 531. The van der Waals surface area contributed by atoms with Gasteiger partial charge in [-0.05, 0) is 19.4 Å². The summed E-state index contributed by atoms with van der Waals surface area (Å²) in [4.78, 5) is 0. The molecule has 0 aliphatic carbocycles. The number of methoxy groups -OCH3 is 1. The zero-order valence-corrected chi connectivity index (χ0v) is 11.9. The zero-order valence-electron chi connectivity index (χ0n) is 11.9. The highest BCUT2D eigenvalue weighted by Crippen LogP contribution is 2.22. The van der Waals surface area contributed by atoms with Crippen molar-refractivity contribution < 1.29 is 4.74 Å². The van der Waals surface area contributed by atoms with E-state index in [4.69, 9.17) is 4.74 Å². The van der Waals surface area contributed by atoms with Crippen LogP contribution in [0.1, 0.15) is 32.0 Å². The van der Waals surface area contributed by atoms with E-state index in [0.717, 1.165) is 17.8 Å². The van der Waals surface area contributed by atoms with Crippen LogP contribution in [0.25, 0.3) is 0 Å². The minimum atomic E-state index is 0.405. The average Bonchev–Trinajstić information content (AvgIpc) is 3.01. The van der Waals surface area contributed by atoms with E-state index in [-0.39, 0.29) is 0 Å². The zero-order chi connectivity index (χ0) is 13.8. The fourth-order valence-electron chi connectivity index (χ4n) is 1.98. The summed E-state index contributed by atoms with van der Waals surface area (Å²) in [6.45, 7) is 5.03. The molecule has 0 bridgehead atoms. The van der Waals surface area contributed by atoms with Gasteiger partial charge in [-0.2, -0.15) is 5.10 Å². The Labute approximate surface area is 113 Å². The highest BCUT2D eigenvalue weighted by molar-refractivity contribution is 5.51. The smallest absolute Gasteiger partial charge is 0.256 e. The van der Waals surface area contributed by atoms with E-state index in [9.17, 15) is 0 Å². The Morgan fingerprint density at radius 2 is 2.26 bits per heavy atom. The first-order valence-electron chi connectivity index (χ1n) is 6.49. The Kier molecular flexibility index (Phi) is 4.09. The number of hydrogen-bond donors (Lipinski definition) is 1. The third-order valence-electron chi connectivity index (χ3n) is 3.21. The van der Waals surface area contributed by atoms with E-state index >= 15 is 0 Å². The molecule has 19 heavy (non-hydrogen) atoms. The first kappa shape index (κ1) is 13.5. The van der Waals surface area contributed by atoms with Gasteiger partial charge >= 0.3 is 0 Å². The number of aryl methyl sites for hydroxylation is 1. The number of aromatic nitrogens is 4. The predicted octanol–water partition coefficient (Wildman–Crippen LogP) is 2.21. The number of rotatable bonds is 6. The molecule has 1 atom stereocenters. The van der Waals surface area contributed by atoms with Crippen molar-refractivity contribution in [3.63, 3.8) is 0 Å². The number of hydrogen-bond acceptors (Lipinski definition) is 4. The Hall–Kier alpha value is -1.98. The molecule has 0 fully saturated rings. The molecule has 0 spiro atoms. The maximum Gasteiger partial charge on any atom is 0.256 e. The molecule has 2 aromatic rings. The molecule has 6 heteroatoms. The van der Waals surface area contributed by atoms with Crippen molar-refractivity contribution in [1.29, 1.82) is 0 Å². The molecule has 0 aromatic carbocycles. The van der Waals surface area contributed by atoms with Crippen LogP contribution in [0.4, 0.5) is 5.69 Å². The van der Waals surface area contributed by atoms with Crippen LogP contribution in [0.2, 0.25) is 0 Å². The molecular formula is C13H21N5O. The van der Waals surface area contributed by atoms with Crippen LogP contribution >= 0.6 is 0 Å². The van der Waals surface area contributed by atoms with E-state index in [2.05, 4.69) is 34.0 Å². The molecular weight excluding hydrogens is 242 g/mol. The van der Waals surface area contributed by atoms with Crippen molar-refractivity contribution in [2.45, 2.75) is 32.9 Å². The van der Waals surface area contributed by atoms with E-state index in [1.807, 2.05) is 25.5 Å². The lowest BCUT2D eigenvalue weighted by molar-refractivity contribution is 0.393. The standard InChI is InChI=1S/C13H21N5O/c1-5-10(2)18-11(6-7-15-18)8-14-12-9-17(3)16-13(12)19-4/h6-7,9-10,14H,5,8H2,1-4H3. The quantitative estimate of drug-likeness (QED) is 0.868. The number of ether oxygens (including phenoxy) is 1. The van der Waals surface area contributed by atoms with E-state index in [0.29, 0.717) is 18.5 Å². The van der Waals surface area contributed by atoms with Crippen LogP contribution < -0.4 is 10.1 Å². The second-order valence-corrected chi connectivity index (χ2v) is 4.60. The number of nitrogens with one attached hydrogen (secondary N) is 1. The predicted molar refractivity (Wildman–Crippen MR) is 74.3 cm³/mol. The molecule has 0 saturated heterocycles. The van der Waals surface area contributed by atoms with Gasteiger partial charge in [0.1, 0.15) is 5.69 Å². The molecule has 2 rings (SSSR count). The molecule has 0 aliphatic rings. The molecule has 2 aromatic heterocycles. The first-order chi connectivity index (χ1) is 9.15. The molecule has 6 nitrogen and oxygen atoms in total. The maximum absolute atomic E-state index is 5.22. The first-order valence-corrected chi connectivity index (χ1v) is 6.49. The third kappa shape index (κ3) is 2.89. The van der Waals surface area contributed by atoms with Gasteiger partial charge in [0.25, 0.3) is 5.88 Å². The van der Waals surface area contributed by atoms with Crippen molar-refractivity contribution in [1.82, 2.24) is 19.6 Å². The normalized spacial score (nSPS) is 12.4. The van der Waals surface area contributed by atoms with E-state index in [1.165, 1.54) is 0 Å². The second kappa shape index (κ2) is 5.77. The van der Waals surface area contributed by atoms with Crippen LogP contribution in [0.5, 0.6) is 5.88 Å². The van der Waals surface area contributed by atoms with Gasteiger partial charge in [0, 0.05) is 19.3 Å². The molecule has 1 unspecified atom stereocenters. The Morgan fingerprint density at radius 1 is 1.47 bits per heavy atom. The van der Waals surface area contributed by atoms with Gasteiger partial charge < -0.3 is 10.1 Å². The molecule has 0 aliphatic heterocycles. The lowest BCUT2D eigenvalue weighted by Crippen LogP contribution is -2.12. The second-order valence-electron chi connectivity index (χ2n) is 4.60. The largest absolute Gasteiger partial charge is 0.478 e. The van der Waals surface area contributed by atoms with Gasteiger partial charge in [0.15, 0.2) is 0 Å². The molecule has 0 saturated carbocycles. The summed E-state index contributed by atoms with van der Waals surface area (Å²) in [6.07, 6.45) is 4.80. The SMILES string of the molecule is CCC(C)n1nccc1CNc1cn(C)nc1OC. The van der Waals surface area contributed by atoms with E-state index in [1.54, 1.807) is 11.8 Å². The summed E-state index contributed by atoms with van der Waals surface area (Å²) in [7, 11) is 3.49. The summed E-state index contributed by atoms with van der Waals surface area (Å²) >= 11 is 0. The van der Waals surface area contributed by atoms with Gasteiger partial charge in [-0.25, -0.2) is 0 Å². The Morgan fingerprint density at radius 3 is 2.95 bits per heavy atom. The minimum Gasteiger partial charge on any atom is -0.478 e. The van der Waals surface area contributed by atoms with Gasteiger partial charge in [0.05, 0.1) is 25.5 Å². The molecule has 2 heterocycles. The Balaban J connectivity index is 2.08. The van der Waals surface area contributed by atoms with Crippen LogP contribution in [0, 0.1) is 0 Å². The molecule has 0 radical (unpaired) electrons. The summed E-state index contributed by atoms with van der Waals surface area (Å²) in [5.74, 6) is 0.608. The summed E-state index contributed by atoms with van der Waals surface area (Å²) < 4.78 is 9.00. The van der Waals surface area contributed by atoms with Gasteiger partial charge in [-0.3, -0.25) is 9.36 Å². The lowest BCUT2D eigenvalue weighted by atomic mass is 10.2. The minimum absolute atomic E-state index is 0.405. The fraction of sp³-hybridized carbons (Fsp3) is 0.538. The van der Waals surface area contributed by atoms with Crippen molar-refractivity contribution in [2.75, 3.05) is 12.4 Å². The topological polar surface area (TPSA) is 56.9 Å². The van der Waals surface area contributed by atoms with E-state index < -0.39 is 0 Å². The fourth-order valence-corrected chi connectivity index (χ4v) is 1.98. The number of nitrogens with zero attached hydrogens (tertiary/aromatic N) is 4. The average molecular weight is 263 g/mol. The highest BCUT2D eigenvalue weighted by atomic mass is 16.5. The monoisotopic (exact) mass is 263 g/mol. The van der Waals surface area contributed by atoms with Crippen LogP contribution in [0.3, 0.4) is 0 Å². The van der Waals surface area contributed by atoms with Gasteiger partial charge in [0.2, 0.25) is 0 Å². The molecule has 0 amide bonds. The van der Waals surface area contributed by atoms with Crippen molar-refractivity contribution in [3.05, 3.63) is 24.2 Å². The summed E-state index contributed by atoms with van der Waals surface area (Å²) in [5.41, 5.74) is 2.04. The summed E-state index contributed by atoms with van der Waals surface area (Å²) in [6, 6.07) is 2.43. The number of anilines is 1. The van der Waals surface area contributed by atoms with Crippen molar-refractivity contribution >= 4 is 5.69 Å². The van der Waals surface area contributed by atoms with Crippen molar-refractivity contribution in [3.8, 4) is 5.88 Å². The highest BCUT2D eigenvalue weighted by Gasteiger charge is 2.11. The van der Waals surface area contributed by atoms with Crippen molar-refractivity contribution in [2.24, 2.45) is 7.05 Å². The van der Waals surface area contributed by atoms with Gasteiger partial charge in [-0.15, -0.1) is 5.10 Å². The van der Waals surface area contributed by atoms with Crippen LogP contribution in [-0.2, 0) is 13.6 Å². The maximum atomic E-state index is 5.22. The third-order valence-corrected chi connectivity index (χ3v) is 3.21. The summed E-state index contributed by atoms with van der Waals surface area (Å²) in [5, 5.41) is 11.9. The lowest BCUT2D eigenvalue weighted by Gasteiger charge is -2.14.